The van der Waals surface area contributed by atoms with Gasteiger partial charge in [0.15, 0.2) is 6.29 Å². The highest BCUT2D eigenvalue weighted by Crippen LogP contribution is 2.29. The summed E-state index contributed by atoms with van der Waals surface area (Å²) in [5.74, 6) is 0.731. The van der Waals surface area contributed by atoms with Gasteiger partial charge in [-0.25, -0.2) is 0 Å². The summed E-state index contributed by atoms with van der Waals surface area (Å²) in [6.45, 7) is 3.84. The molecule has 0 saturated carbocycles. The van der Waals surface area contributed by atoms with Crippen LogP contribution >= 0.6 is 11.6 Å². The van der Waals surface area contributed by atoms with Gasteiger partial charge in [-0.3, -0.25) is 4.79 Å². The van der Waals surface area contributed by atoms with Crippen LogP contribution in [-0.4, -0.2) is 18.0 Å². The van der Waals surface area contributed by atoms with Crippen LogP contribution in [0.15, 0.2) is 24.3 Å². The number of hydrogen-bond acceptors (Lipinski definition) is 2. The third-order valence-electron chi connectivity index (χ3n) is 2.99. The summed E-state index contributed by atoms with van der Waals surface area (Å²) in [4.78, 5) is 11.0. The Kier molecular flexibility index (Phi) is 3.43. The van der Waals surface area contributed by atoms with Crippen LogP contribution in [0, 0.1) is 13.8 Å². The number of nitrogens with zero attached hydrogens (tertiary/aromatic N) is 1. The maximum Gasteiger partial charge on any atom is 0.151 e. The summed E-state index contributed by atoms with van der Waals surface area (Å²) in [6, 6.07) is 7.30. The molecule has 0 atom stereocenters. The van der Waals surface area contributed by atoms with E-state index in [9.17, 15) is 4.79 Å². The number of rotatable bonds is 3. The zero-order chi connectivity index (χ0) is 13.3. The Bertz CT molecular complexity index is 602. The minimum atomic E-state index is 0.620. The summed E-state index contributed by atoms with van der Waals surface area (Å²) in [6.07, 6.45) is 0.854. The second-order valence-corrected chi connectivity index (χ2v) is 4.50. The van der Waals surface area contributed by atoms with E-state index in [1.807, 2.05) is 30.5 Å². The number of carbonyl (C=O) groups excluding carboxylic acids is 1. The van der Waals surface area contributed by atoms with Crippen molar-refractivity contribution in [2.45, 2.75) is 13.8 Å². The van der Waals surface area contributed by atoms with Crippen LogP contribution in [0.2, 0.25) is 5.02 Å². The molecule has 0 N–H and O–H groups in total. The molecule has 0 radical (unpaired) electrons. The van der Waals surface area contributed by atoms with E-state index >= 15 is 0 Å². The van der Waals surface area contributed by atoms with Gasteiger partial charge in [-0.1, -0.05) is 11.6 Å². The molecule has 1 aromatic heterocycles. The van der Waals surface area contributed by atoms with E-state index in [-0.39, 0.29) is 0 Å². The standard InChI is InChI=1S/C14H14ClNO2/c1-9-6-11(8-17)10(2)16(9)14-7-12(18-3)4-5-13(14)15/h4-8H,1-3H3. The van der Waals surface area contributed by atoms with Crippen LogP contribution in [0.4, 0.5) is 0 Å². The van der Waals surface area contributed by atoms with E-state index in [0.717, 1.165) is 29.1 Å². The van der Waals surface area contributed by atoms with Crippen LogP contribution in [0.25, 0.3) is 5.69 Å². The Morgan fingerprint density at radius 2 is 2.00 bits per heavy atom. The molecule has 0 aliphatic rings. The first-order valence-electron chi connectivity index (χ1n) is 5.56. The Morgan fingerprint density at radius 3 is 2.56 bits per heavy atom. The van der Waals surface area contributed by atoms with Gasteiger partial charge >= 0.3 is 0 Å². The SMILES string of the molecule is COc1ccc(Cl)c(-n2c(C)cc(C=O)c2C)c1. The van der Waals surface area contributed by atoms with Crippen LogP contribution in [0.5, 0.6) is 5.75 Å². The molecule has 4 heteroatoms. The molecule has 3 nitrogen and oxygen atoms in total. The van der Waals surface area contributed by atoms with Crippen molar-refractivity contribution in [3.8, 4) is 11.4 Å². The Balaban J connectivity index is 2.68. The third kappa shape index (κ3) is 2.02. The molecular formula is C14H14ClNO2. The quantitative estimate of drug-likeness (QED) is 0.793. The number of halogens is 1. The zero-order valence-corrected chi connectivity index (χ0v) is 11.3. The van der Waals surface area contributed by atoms with E-state index in [0.29, 0.717) is 10.6 Å². The summed E-state index contributed by atoms with van der Waals surface area (Å²) >= 11 is 6.22. The minimum absolute atomic E-state index is 0.620. The van der Waals surface area contributed by atoms with Gasteiger partial charge in [-0.2, -0.15) is 0 Å². The predicted molar refractivity (Wildman–Crippen MR) is 72.2 cm³/mol. The smallest absolute Gasteiger partial charge is 0.151 e. The molecule has 2 rings (SSSR count). The first-order valence-corrected chi connectivity index (χ1v) is 5.94. The fourth-order valence-electron chi connectivity index (χ4n) is 2.07. The third-order valence-corrected chi connectivity index (χ3v) is 3.31. The lowest BCUT2D eigenvalue weighted by Crippen LogP contribution is -2.01. The van der Waals surface area contributed by atoms with Gasteiger partial charge < -0.3 is 9.30 Å². The van der Waals surface area contributed by atoms with Crippen molar-refractivity contribution >= 4 is 17.9 Å². The number of ether oxygens (including phenoxy) is 1. The number of carbonyl (C=O) groups is 1. The van der Waals surface area contributed by atoms with E-state index in [1.54, 1.807) is 19.2 Å². The molecule has 0 aliphatic heterocycles. The molecule has 0 saturated heterocycles. The number of aryl methyl sites for hydroxylation is 1. The van der Waals surface area contributed by atoms with Crippen molar-refractivity contribution in [2.75, 3.05) is 7.11 Å². The fourth-order valence-corrected chi connectivity index (χ4v) is 2.27. The fraction of sp³-hybridized carbons (Fsp3) is 0.214. The van der Waals surface area contributed by atoms with Gasteiger partial charge in [-0.05, 0) is 32.0 Å². The first-order chi connectivity index (χ1) is 8.58. The van der Waals surface area contributed by atoms with Crippen LogP contribution in [-0.2, 0) is 0 Å². The minimum Gasteiger partial charge on any atom is -0.497 e. The van der Waals surface area contributed by atoms with Gasteiger partial charge in [0.05, 0.1) is 17.8 Å². The van der Waals surface area contributed by atoms with Crippen LogP contribution < -0.4 is 4.74 Å². The second kappa shape index (κ2) is 4.86. The number of benzene rings is 1. The Morgan fingerprint density at radius 1 is 1.28 bits per heavy atom. The van der Waals surface area contributed by atoms with Crippen molar-refractivity contribution in [3.05, 3.63) is 46.2 Å². The molecule has 0 aliphatic carbocycles. The number of hydrogen-bond donors (Lipinski definition) is 0. The molecule has 0 spiro atoms. The Hall–Kier alpha value is -1.74. The lowest BCUT2D eigenvalue weighted by atomic mass is 10.2. The highest BCUT2D eigenvalue weighted by molar-refractivity contribution is 6.32. The van der Waals surface area contributed by atoms with Crippen LogP contribution in [0.3, 0.4) is 0 Å². The number of aldehydes is 1. The molecule has 94 valence electrons. The highest BCUT2D eigenvalue weighted by atomic mass is 35.5. The molecule has 1 heterocycles. The second-order valence-electron chi connectivity index (χ2n) is 4.10. The lowest BCUT2D eigenvalue weighted by Gasteiger charge is -2.12. The molecule has 0 fully saturated rings. The molecule has 0 bridgehead atoms. The maximum absolute atomic E-state index is 11.0. The maximum atomic E-state index is 11.0. The van der Waals surface area contributed by atoms with Gasteiger partial charge in [0.25, 0.3) is 0 Å². The number of aromatic nitrogens is 1. The van der Waals surface area contributed by atoms with Crippen molar-refractivity contribution < 1.29 is 9.53 Å². The van der Waals surface area contributed by atoms with Crippen molar-refractivity contribution in [1.82, 2.24) is 4.57 Å². The summed E-state index contributed by atoms with van der Waals surface area (Å²) in [5.41, 5.74) is 3.33. The molecule has 0 unspecified atom stereocenters. The van der Waals surface area contributed by atoms with Crippen LogP contribution in [0.1, 0.15) is 21.7 Å². The topological polar surface area (TPSA) is 31.2 Å². The van der Waals surface area contributed by atoms with E-state index in [4.69, 9.17) is 16.3 Å². The summed E-state index contributed by atoms with van der Waals surface area (Å²) in [7, 11) is 1.61. The van der Waals surface area contributed by atoms with E-state index < -0.39 is 0 Å². The van der Waals surface area contributed by atoms with Crippen molar-refractivity contribution in [2.24, 2.45) is 0 Å². The monoisotopic (exact) mass is 263 g/mol. The van der Waals surface area contributed by atoms with Gasteiger partial charge in [0.1, 0.15) is 5.75 Å². The van der Waals surface area contributed by atoms with Gasteiger partial charge in [0.2, 0.25) is 0 Å². The average Bonchev–Trinajstić information content (AvgIpc) is 2.65. The molecule has 1 aromatic carbocycles. The first kappa shape index (κ1) is 12.7. The number of methoxy groups -OCH3 is 1. The summed E-state index contributed by atoms with van der Waals surface area (Å²) in [5, 5.41) is 0.620. The average molecular weight is 264 g/mol. The molecule has 0 amide bonds. The summed E-state index contributed by atoms with van der Waals surface area (Å²) < 4.78 is 7.16. The van der Waals surface area contributed by atoms with Crippen molar-refractivity contribution in [1.29, 1.82) is 0 Å². The van der Waals surface area contributed by atoms with Gasteiger partial charge in [0, 0.05) is 23.0 Å². The Labute approximate surface area is 111 Å². The molecule has 18 heavy (non-hydrogen) atoms. The zero-order valence-electron chi connectivity index (χ0n) is 10.5. The largest absolute Gasteiger partial charge is 0.497 e. The van der Waals surface area contributed by atoms with E-state index in [2.05, 4.69) is 0 Å². The molecule has 2 aromatic rings. The highest BCUT2D eigenvalue weighted by Gasteiger charge is 2.13. The van der Waals surface area contributed by atoms with Crippen molar-refractivity contribution in [3.63, 3.8) is 0 Å². The van der Waals surface area contributed by atoms with E-state index in [1.165, 1.54) is 0 Å². The molecular weight excluding hydrogens is 250 g/mol. The predicted octanol–water partition coefficient (Wildman–Crippen LogP) is 3.57. The lowest BCUT2D eigenvalue weighted by molar-refractivity contribution is 0.112. The normalized spacial score (nSPS) is 10.4. The van der Waals surface area contributed by atoms with Gasteiger partial charge in [-0.15, -0.1) is 0 Å².